The summed E-state index contributed by atoms with van der Waals surface area (Å²) in [6.45, 7) is 4.20. The molecule has 6 nitrogen and oxygen atoms in total. The molecular formula is C36H36O6Zr. The Bertz CT molecular complexity index is 1370. The molecule has 0 N–H and O–H groups in total. The van der Waals surface area contributed by atoms with Gasteiger partial charge in [-0.2, -0.15) is 35.9 Å². The number of fused-ring (bicyclic) bond motifs is 3. The third-order valence-corrected chi connectivity index (χ3v) is 6.47. The molecule has 1 atom stereocenters. The van der Waals surface area contributed by atoms with Gasteiger partial charge in [0.05, 0.1) is 28.4 Å². The summed E-state index contributed by atoms with van der Waals surface area (Å²) in [5.41, 5.74) is 6.78. The van der Waals surface area contributed by atoms with Crippen molar-refractivity contribution in [2.75, 3.05) is 28.4 Å². The monoisotopic (exact) mass is 654 g/mol. The molecule has 0 amide bonds. The molecule has 2 aliphatic carbocycles. The van der Waals surface area contributed by atoms with E-state index in [0.29, 0.717) is 28.9 Å². The van der Waals surface area contributed by atoms with Crippen LogP contribution >= 0.6 is 0 Å². The first-order valence-electron chi connectivity index (χ1n) is 13.4. The number of allylic oxidation sites excluding steroid dienone is 4. The first kappa shape index (κ1) is 35.2. The number of benzene rings is 4. The van der Waals surface area contributed by atoms with E-state index in [1.165, 1.54) is 56.3 Å². The Kier molecular flexibility index (Phi) is 14.6. The van der Waals surface area contributed by atoms with Crippen molar-refractivity contribution in [3.05, 3.63) is 120 Å². The van der Waals surface area contributed by atoms with Crippen molar-refractivity contribution in [1.82, 2.24) is 0 Å². The molecule has 4 aromatic rings. The van der Waals surface area contributed by atoms with E-state index in [1.807, 2.05) is 6.07 Å². The molecule has 0 fully saturated rings. The Labute approximate surface area is 274 Å². The van der Waals surface area contributed by atoms with E-state index in [0.717, 1.165) is 6.42 Å². The Morgan fingerprint density at radius 1 is 0.674 bits per heavy atom. The fourth-order valence-corrected chi connectivity index (χ4v) is 4.38. The zero-order chi connectivity index (χ0) is 30.5. The van der Waals surface area contributed by atoms with Crippen LogP contribution in [0.25, 0.3) is 11.1 Å². The summed E-state index contributed by atoms with van der Waals surface area (Å²) >= 11 is 0. The van der Waals surface area contributed by atoms with Crippen molar-refractivity contribution in [1.29, 1.82) is 0 Å². The van der Waals surface area contributed by atoms with Gasteiger partial charge in [0.25, 0.3) is 0 Å². The zero-order valence-electron chi connectivity index (χ0n) is 25.4. The van der Waals surface area contributed by atoms with Crippen LogP contribution in [0.4, 0.5) is 0 Å². The van der Waals surface area contributed by atoms with Crippen LogP contribution in [-0.2, 0) is 32.6 Å². The van der Waals surface area contributed by atoms with E-state index >= 15 is 0 Å². The first-order chi connectivity index (χ1) is 20.3. The molecule has 4 aromatic carbocycles. The van der Waals surface area contributed by atoms with Crippen LogP contribution in [0.1, 0.15) is 25.0 Å². The van der Waals surface area contributed by atoms with Crippen LogP contribution in [0.5, 0.6) is 34.5 Å². The van der Waals surface area contributed by atoms with Crippen LogP contribution in [0.15, 0.2) is 96.6 Å². The summed E-state index contributed by atoms with van der Waals surface area (Å²) in [7, 11) is 5.82. The second-order valence-electron chi connectivity index (χ2n) is 9.35. The number of rotatable bonds is 4. The van der Waals surface area contributed by atoms with Crippen LogP contribution < -0.4 is 29.2 Å². The molecule has 0 aromatic heterocycles. The Morgan fingerprint density at radius 3 is 1.58 bits per heavy atom. The fraction of sp³-hybridized carbons (Fsp3) is 0.222. The van der Waals surface area contributed by atoms with Gasteiger partial charge < -0.3 is 29.2 Å². The van der Waals surface area contributed by atoms with Gasteiger partial charge in [-0.15, -0.1) is 5.56 Å². The van der Waals surface area contributed by atoms with Crippen molar-refractivity contribution < 1.29 is 55.4 Å². The van der Waals surface area contributed by atoms with Crippen LogP contribution in [-0.4, -0.2) is 28.4 Å². The van der Waals surface area contributed by atoms with Gasteiger partial charge in [-0.3, -0.25) is 6.08 Å². The van der Waals surface area contributed by atoms with Crippen molar-refractivity contribution >= 4 is 0 Å². The van der Waals surface area contributed by atoms with Gasteiger partial charge in [0.1, 0.15) is 23.0 Å². The first-order valence-corrected chi connectivity index (χ1v) is 13.4. The number of hydrogen-bond donors (Lipinski definition) is 0. The summed E-state index contributed by atoms with van der Waals surface area (Å²) in [6, 6.07) is 27.9. The number of ether oxygens (including phenoxy) is 4. The second kappa shape index (κ2) is 17.9. The fourth-order valence-electron chi connectivity index (χ4n) is 4.38. The van der Waals surface area contributed by atoms with Crippen LogP contribution in [0.3, 0.4) is 0 Å². The van der Waals surface area contributed by atoms with E-state index in [1.54, 1.807) is 36.4 Å². The van der Waals surface area contributed by atoms with E-state index in [4.69, 9.17) is 18.9 Å². The van der Waals surface area contributed by atoms with Gasteiger partial charge in [0.2, 0.25) is 0 Å². The van der Waals surface area contributed by atoms with Crippen molar-refractivity contribution in [2.45, 2.75) is 20.3 Å². The number of para-hydroxylation sites is 2. The molecule has 0 saturated heterocycles. The summed E-state index contributed by atoms with van der Waals surface area (Å²) < 4.78 is 19.2. The Balaban J connectivity index is 0.000000203. The zero-order valence-corrected chi connectivity index (χ0v) is 27.9. The molecule has 1 unspecified atom stereocenters. The third kappa shape index (κ3) is 9.79. The SMILES string of the molecule is CC1=[C-]C(C)C=C1.COc1cccc(OC)c1[O-].COc1cccc(OC)c1[O-].[Zr+4].[c-]1cccc2c1Cc1ccccc1-2. The quantitative estimate of drug-likeness (QED) is 0.204. The molecule has 0 saturated carbocycles. The van der Waals surface area contributed by atoms with Gasteiger partial charge >= 0.3 is 26.2 Å². The molecule has 220 valence electrons. The minimum absolute atomic E-state index is 0. The molecule has 43 heavy (non-hydrogen) atoms. The predicted octanol–water partition coefficient (Wildman–Crippen LogP) is 6.55. The molecular weight excluding hydrogens is 620 g/mol. The van der Waals surface area contributed by atoms with Crippen molar-refractivity contribution in [3.8, 4) is 45.6 Å². The maximum Gasteiger partial charge on any atom is 4.00 e. The van der Waals surface area contributed by atoms with Gasteiger partial charge in [-0.1, -0.05) is 67.3 Å². The van der Waals surface area contributed by atoms with Gasteiger partial charge in [0.15, 0.2) is 0 Å². The summed E-state index contributed by atoms with van der Waals surface area (Å²) in [5.74, 6) is 1.37. The molecule has 6 rings (SSSR count). The topological polar surface area (TPSA) is 83.0 Å². The largest absolute Gasteiger partial charge is 4.00 e. The summed E-state index contributed by atoms with van der Waals surface area (Å²) in [4.78, 5) is 0. The Hall–Kier alpha value is -3.96. The normalized spacial score (nSPS) is 13.1. The van der Waals surface area contributed by atoms with Gasteiger partial charge in [-0.05, 0) is 42.2 Å². The smallest absolute Gasteiger partial charge is 0.867 e. The predicted molar refractivity (Wildman–Crippen MR) is 162 cm³/mol. The molecule has 0 heterocycles. The molecule has 2 aliphatic rings. The van der Waals surface area contributed by atoms with Crippen LogP contribution in [0.2, 0.25) is 0 Å². The maximum absolute atomic E-state index is 11.2. The summed E-state index contributed by atoms with van der Waals surface area (Å²) in [6.07, 6.45) is 8.52. The van der Waals surface area contributed by atoms with Crippen LogP contribution in [0, 0.1) is 18.1 Å². The number of hydrogen-bond acceptors (Lipinski definition) is 6. The van der Waals surface area contributed by atoms with E-state index in [-0.39, 0.29) is 37.7 Å². The van der Waals surface area contributed by atoms with E-state index in [2.05, 4.69) is 74.5 Å². The molecule has 7 heteroatoms. The van der Waals surface area contributed by atoms with Crippen molar-refractivity contribution in [3.63, 3.8) is 0 Å². The molecule has 0 aliphatic heterocycles. The maximum atomic E-state index is 11.2. The Morgan fingerprint density at radius 2 is 1.16 bits per heavy atom. The standard InChI is InChI=1S/C13H9.2C8H10O3.C7H9.Zr/c1-3-7-12-10(5-1)9-11-6-2-4-8-13(11)12;2*1-10-6-4-3-5-7(11-2)8(6)9;1-6-3-4-7(2)5-6;/h1-5,7-8H,9H2;2*3-5,9H,1-2H3;3-4,6H,1-2H3;/q-1;;;-1;+4/p-2. The minimum Gasteiger partial charge on any atom is -0.867 e. The average molecular weight is 656 g/mol. The molecule has 0 spiro atoms. The van der Waals surface area contributed by atoms with Gasteiger partial charge in [-0.25, -0.2) is 11.6 Å². The summed E-state index contributed by atoms with van der Waals surface area (Å²) in [5, 5.41) is 22.4. The average Bonchev–Trinajstić information content (AvgIpc) is 3.60. The van der Waals surface area contributed by atoms with E-state index < -0.39 is 0 Å². The van der Waals surface area contributed by atoms with E-state index in [9.17, 15) is 10.2 Å². The van der Waals surface area contributed by atoms with Crippen molar-refractivity contribution in [2.24, 2.45) is 5.92 Å². The van der Waals surface area contributed by atoms with Gasteiger partial charge in [0, 0.05) is 0 Å². The third-order valence-electron chi connectivity index (χ3n) is 6.47. The second-order valence-corrected chi connectivity index (χ2v) is 9.35. The number of methoxy groups -OCH3 is 4. The molecule has 0 radical (unpaired) electrons. The minimum atomic E-state index is -0.211. The molecule has 0 bridgehead atoms.